The van der Waals surface area contributed by atoms with E-state index in [9.17, 15) is 0 Å². The van der Waals surface area contributed by atoms with Crippen LogP contribution in [-0.4, -0.2) is 41.2 Å². The topological polar surface area (TPSA) is 30.3 Å². The Balaban J connectivity index is 2.39. The Hall–Kier alpha value is -1.26. The van der Waals surface area contributed by atoms with Crippen LogP contribution in [0.1, 0.15) is 32.0 Å². The molecule has 1 unspecified atom stereocenters. The van der Waals surface area contributed by atoms with Gasteiger partial charge in [-0.2, -0.15) is 0 Å². The molecule has 0 bridgehead atoms. The van der Waals surface area contributed by atoms with Gasteiger partial charge in [0.15, 0.2) is 0 Å². The van der Waals surface area contributed by atoms with E-state index in [0.717, 1.165) is 35.7 Å². The predicted molar refractivity (Wildman–Crippen MR) is 88.3 cm³/mol. The zero-order valence-corrected chi connectivity index (χ0v) is 14.2. The van der Waals surface area contributed by atoms with Crippen molar-refractivity contribution in [3.05, 3.63) is 24.0 Å². The van der Waals surface area contributed by atoms with Crippen LogP contribution in [0, 0.1) is 0 Å². The van der Waals surface area contributed by atoms with E-state index in [-0.39, 0.29) is 5.38 Å². The monoisotopic (exact) mass is 309 g/mol. The highest BCUT2D eigenvalue weighted by atomic mass is 35.5. The maximum absolute atomic E-state index is 6.30. The number of nitrogens with zero attached hydrogens (tertiary/aromatic N) is 3. The molecule has 0 spiro atoms. The van der Waals surface area contributed by atoms with E-state index in [1.54, 1.807) is 7.11 Å². The van der Waals surface area contributed by atoms with Gasteiger partial charge < -0.3 is 14.2 Å². The van der Waals surface area contributed by atoms with Crippen molar-refractivity contribution in [2.75, 3.05) is 20.7 Å². The second kappa shape index (κ2) is 6.67. The summed E-state index contributed by atoms with van der Waals surface area (Å²) < 4.78 is 7.53. The van der Waals surface area contributed by atoms with Crippen LogP contribution < -0.4 is 4.74 Å². The van der Waals surface area contributed by atoms with E-state index in [1.807, 2.05) is 25.1 Å². The Morgan fingerprint density at radius 1 is 1.33 bits per heavy atom. The molecule has 0 aliphatic heterocycles. The lowest BCUT2D eigenvalue weighted by molar-refractivity contribution is 0.263. The Labute approximate surface area is 131 Å². The first-order chi connectivity index (χ1) is 9.93. The minimum absolute atomic E-state index is 0.118. The van der Waals surface area contributed by atoms with Gasteiger partial charge in [-0.15, -0.1) is 11.6 Å². The average molecular weight is 310 g/mol. The zero-order valence-electron chi connectivity index (χ0n) is 13.4. The van der Waals surface area contributed by atoms with Crippen molar-refractivity contribution in [1.82, 2.24) is 14.5 Å². The van der Waals surface area contributed by atoms with Gasteiger partial charge >= 0.3 is 0 Å². The number of hydrogen-bond donors (Lipinski definition) is 0. The SMILES string of the molecule is COc1ccc2nc(C(C)Cl)n(CCN(C)C(C)C)c2c1. The molecule has 0 aliphatic carbocycles. The van der Waals surface area contributed by atoms with Crippen LogP contribution in [0.25, 0.3) is 11.0 Å². The van der Waals surface area contributed by atoms with E-state index in [0.29, 0.717) is 6.04 Å². The molecule has 5 heteroatoms. The fraction of sp³-hybridized carbons (Fsp3) is 0.562. The van der Waals surface area contributed by atoms with E-state index in [2.05, 4.69) is 35.3 Å². The Morgan fingerprint density at radius 2 is 2.05 bits per heavy atom. The number of hydrogen-bond acceptors (Lipinski definition) is 3. The van der Waals surface area contributed by atoms with E-state index >= 15 is 0 Å². The normalized spacial score (nSPS) is 13.3. The molecule has 0 radical (unpaired) electrons. The minimum Gasteiger partial charge on any atom is -0.497 e. The van der Waals surface area contributed by atoms with Gasteiger partial charge in [0, 0.05) is 25.2 Å². The van der Waals surface area contributed by atoms with Gasteiger partial charge in [-0.3, -0.25) is 0 Å². The number of halogens is 1. The molecule has 21 heavy (non-hydrogen) atoms. The van der Waals surface area contributed by atoms with Crippen LogP contribution in [0.15, 0.2) is 18.2 Å². The number of benzene rings is 1. The van der Waals surface area contributed by atoms with Crippen LogP contribution >= 0.6 is 11.6 Å². The van der Waals surface area contributed by atoms with Crippen molar-refractivity contribution in [3.63, 3.8) is 0 Å². The fourth-order valence-electron chi connectivity index (χ4n) is 2.30. The van der Waals surface area contributed by atoms with Crippen molar-refractivity contribution in [2.45, 2.75) is 38.7 Å². The molecule has 0 amide bonds. The van der Waals surface area contributed by atoms with Crippen LogP contribution in [0.4, 0.5) is 0 Å². The number of alkyl halides is 1. The molecule has 0 saturated heterocycles. The molecule has 0 aliphatic rings. The molecule has 0 N–H and O–H groups in total. The van der Waals surface area contributed by atoms with Gasteiger partial charge in [0.05, 0.1) is 23.5 Å². The minimum atomic E-state index is -0.118. The summed E-state index contributed by atoms with van der Waals surface area (Å²) in [5.41, 5.74) is 2.04. The first kappa shape index (κ1) is 16.1. The lowest BCUT2D eigenvalue weighted by atomic mass is 10.3. The predicted octanol–water partition coefficient (Wildman–Crippen LogP) is 3.68. The Kier molecular flexibility index (Phi) is 5.12. The number of methoxy groups -OCH3 is 1. The summed E-state index contributed by atoms with van der Waals surface area (Å²) in [4.78, 5) is 6.98. The van der Waals surface area contributed by atoms with Crippen LogP contribution in [0.2, 0.25) is 0 Å². The molecule has 4 nitrogen and oxygen atoms in total. The van der Waals surface area contributed by atoms with Gasteiger partial charge in [0.25, 0.3) is 0 Å². The summed E-state index contributed by atoms with van der Waals surface area (Å²) in [6.07, 6.45) is 0. The Morgan fingerprint density at radius 3 is 2.62 bits per heavy atom. The smallest absolute Gasteiger partial charge is 0.127 e. The lowest BCUT2D eigenvalue weighted by Crippen LogP contribution is -2.30. The average Bonchev–Trinajstić information content (AvgIpc) is 2.82. The number of rotatable bonds is 6. The number of imidazole rings is 1. The maximum atomic E-state index is 6.30. The van der Waals surface area contributed by atoms with Gasteiger partial charge in [-0.1, -0.05) is 0 Å². The van der Waals surface area contributed by atoms with Crippen molar-refractivity contribution >= 4 is 22.6 Å². The third-order valence-corrected chi connectivity index (χ3v) is 4.09. The summed E-state index contributed by atoms with van der Waals surface area (Å²) in [5, 5.41) is -0.118. The largest absolute Gasteiger partial charge is 0.497 e. The van der Waals surface area contributed by atoms with Crippen molar-refractivity contribution in [1.29, 1.82) is 0 Å². The molecular formula is C16H24ClN3O. The Bertz CT molecular complexity index is 607. The van der Waals surface area contributed by atoms with Crippen LogP contribution in [0.5, 0.6) is 5.75 Å². The molecule has 2 rings (SSSR count). The number of fused-ring (bicyclic) bond motifs is 1. The number of ether oxygens (including phenoxy) is 1. The van der Waals surface area contributed by atoms with Gasteiger partial charge in [-0.05, 0) is 40.0 Å². The molecule has 1 aromatic carbocycles. The molecular weight excluding hydrogens is 286 g/mol. The summed E-state index contributed by atoms with van der Waals surface area (Å²) in [6.45, 7) is 8.17. The number of likely N-dealkylation sites (N-methyl/N-ethyl adjacent to an activating group) is 1. The standard InChI is InChI=1S/C16H24ClN3O/c1-11(2)19(4)8-9-20-15-10-13(21-5)6-7-14(15)18-16(20)12(3)17/h6-7,10-12H,8-9H2,1-5H3. The first-order valence-corrected chi connectivity index (χ1v) is 7.76. The third kappa shape index (κ3) is 3.50. The van der Waals surface area contributed by atoms with Gasteiger partial charge in [0.2, 0.25) is 0 Å². The van der Waals surface area contributed by atoms with Crippen LogP contribution in [0.3, 0.4) is 0 Å². The highest BCUT2D eigenvalue weighted by Gasteiger charge is 2.16. The summed E-state index contributed by atoms with van der Waals surface area (Å²) in [5.74, 6) is 1.76. The van der Waals surface area contributed by atoms with Crippen molar-refractivity contribution in [3.8, 4) is 5.75 Å². The zero-order chi connectivity index (χ0) is 15.6. The van der Waals surface area contributed by atoms with E-state index < -0.39 is 0 Å². The summed E-state index contributed by atoms with van der Waals surface area (Å²) in [6, 6.07) is 6.47. The summed E-state index contributed by atoms with van der Waals surface area (Å²) in [7, 11) is 3.81. The van der Waals surface area contributed by atoms with Crippen LogP contribution in [-0.2, 0) is 6.54 Å². The summed E-state index contributed by atoms with van der Waals surface area (Å²) >= 11 is 6.30. The number of aromatic nitrogens is 2. The molecule has 0 fully saturated rings. The van der Waals surface area contributed by atoms with E-state index in [4.69, 9.17) is 16.3 Å². The van der Waals surface area contributed by atoms with Gasteiger partial charge in [-0.25, -0.2) is 4.98 Å². The fourth-order valence-corrected chi connectivity index (χ4v) is 2.47. The second-order valence-corrected chi connectivity index (χ2v) is 6.32. The van der Waals surface area contributed by atoms with E-state index in [1.165, 1.54) is 0 Å². The van der Waals surface area contributed by atoms with Crippen molar-refractivity contribution in [2.24, 2.45) is 0 Å². The quantitative estimate of drug-likeness (QED) is 0.762. The molecule has 0 saturated carbocycles. The first-order valence-electron chi connectivity index (χ1n) is 7.32. The second-order valence-electron chi connectivity index (χ2n) is 5.67. The van der Waals surface area contributed by atoms with Gasteiger partial charge in [0.1, 0.15) is 11.6 Å². The molecule has 1 atom stereocenters. The third-order valence-electron chi connectivity index (χ3n) is 3.90. The lowest BCUT2D eigenvalue weighted by Gasteiger charge is -2.22. The van der Waals surface area contributed by atoms with Crippen molar-refractivity contribution < 1.29 is 4.74 Å². The maximum Gasteiger partial charge on any atom is 0.127 e. The molecule has 1 aromatic heterocycles. The molecule has 116 valence electrons. The molecule has 1 heterocycles. The molecule has 2 aromatic rings. The highest BCUT2D eigenvalue weighted by Crippen LogP contribution is 2.27. The highest BCUT2D eigenvalue weighted by molar-refractivity contribution is 6.20.